The second-order valence-electron chi connectivity index (χ2n) is 5.88. The highest BCUT2D eigenvalue weighted by Crippen LogP contribution is 2.38. The Morgan fingerprint density at radius 3 is 2.56 bits per heavy atom. The van der Waals surface area contributed by atoms with Crippen LogP contribution >= 0.6 is 11.3 Å². The van der Waals surface area contributed by atoms with Gasteiger partial charge in [0.25, 0.3) is 5.91 Å². The first-order valence-electron chi connectivity index (χ1n) is 7.88. The van der Waals surface area contributed by atoms with Crippen molar-refractivity contribution in [3.63, 3.8) is 0 Å². The minimum atomic E-state index is -4.56. The molecular weight excluding hydrogens is 379 g/mol. The smallest absolute Gasteiger partial charge is 0.433 e. The highest BCUT2D eigenvalue weighted by Gasteiger charge is 2.34. The number of nitrogens with two attached hydrogens (primary N) is 1. The Balaban J connectivity index is 1.86. The van der Waals surface area contributed by atoms with Crippen molar-refractivity contribution in [1.29, 1.82) is 0 Å². The molecule has 0 saturated heterocycles. The molecule has 0 spiro atoms. The molecule has 1 amide bonds. The van der Waals surface area contributed by atoms with Crippen molar-refractivity contribution in [2.45, 2.75) is 19.6 Å². The Morgan fingerprint density at radius 2 is 1.96 bits per heavy atom. The van der Waals surface area contributed by atoms with E-state index in [1.54, 1.807) is 31.4 Å². The summed E-state index contributed by atoms with van der Waals surface area (Å²) >= 11 is 0.850. The van der Waals surface area contributed by atoms with Gasteiger partial charge in [0.2, 0.25) is 0 Å². The maximum atomic E-state index is 12.9. The molecule has 3 N–H and O–H groups in total. The molecule has 27 heavy (non-hydrogen) atoms. The van der Waals surface area contributed by atoms with Crippen LogP contribution in [0.1, 0.15) is 26.5 Å². The van der Waals surface area contributed by atoms with Gasteiger partial charge in [0.1, 0.15) is 21.2 Å². The number of hydrogen-bond donors (Lipinski definition) is 2. The van der Waals surface area contributed by atoms with E-state index in [9.17, 15) is 18.0 Å². The van der Waals surface area contributed by atoms with Gasteiger partial charge in [-0.15, -0.1) is 11.3 Å². The first-order chi connectivity index (χ1) is 12.7. The van der Waals surface area contributed by atoms with E-state index in [2.05, 4.69) is 10.3 Å². The van der Waals surface area contributed by atoms with Gasteiger partial charge in [0, 0.05) is 11.9 Å². The molecule has 2 aromatic heterocycles. The van der Waals surface area contributed by atoms with Gasteiger partial charge in [-0.2, -0.15) is 13.2 Å². The number of carbonyl (C=O) groups excluding carboxylic acids is 1. The van der Waals surface area contributed by atoms with Crippen LogP contribution in [-0.2, 0) is 12.7 Å². The van der Waals surface area contributed by atoms with Gasteiger partial charge < -0.3 is 15.8 Å². The number of methoxy groups -OCH3 is 1. The molecule has 0 aliphatic rings. The lowest BCUT2D eigenvalue weighted by atomic mass is 10.1. The summed E-state index contributed by atoms with van der Waals surface area (Å²) in [7, 11) is 1.56. The molecule has 0 bridgehead atoms. The number of thiophene rings is 1. The lowest BCUT2D eigenvalue weighted by Gasteiger charge is -2.07. The number of benzene rings is 1. The number of hydrogen-bond acceptors (Lipinski definition) is 5. The molecule has 9 heteroatoms. The van der Waals surface area contributed by atoms with Crippen molar-refractivity contribution in [3.05, 3.63) is 52.0 Å². The number of anilines is 1. The van der Waals surface area contributed by atoms with Gasteiger partial charge in [-0.1, -0.05) is 12.1 Å². The maximum absolute atomic E-state index is 12.9. The number of aromatic nitrogens is 1. The van der Waals surface area contributed by atoms with Crippen LogP contribution in [0.15, 0.2) is 30.3 Å². The Labute approximate surface area is 157 Å². The van der Waals surface area contributed by atoms with E-state index < -0.39 is 17.8 Å². The van der Waals surface area contributed by atoms with Crippen molar-refractivity contribution in [3.8, 4) is 5.75 Å². The molecule has 0 aliphatic carbocycles. The highest BCUT2D eigenvalue weighted by atomic mass is 32.1. The fourth-order valence-corrected chi connectivity index (χ4v) is 3.72. The number of halogens is 3. The third-order valence-electron chi connectivity index (χ3n) is 4.00. The first-order valence-corrected chi connectivity index (χ1v) is 8.70. The molecule has 0 atom stereocenters. The second kappa shape index (κ2) is 7.07. The van der Waals surface area contributed by atoms with E-state index in [4.69, 9.17) is 10.5 Å². The van der Waals surface area contributed by atoms with Gasteiger partial charge in [-0.25, -0.2) is 4.98 Å². The SMILES string of the molecule is COc1ccc(CNC(=O)c2sc3nc(C(F)(F)F)cc(C)c3c2N)cc1. The zero-order valence-corrected chi connectivity index (χ0v) is 15.3. The molecule has 1 aromatic carbocycles. The molecule has 5 nitrogen and oxygen atoms in total. The van der Waals surface area contributed by atoms with E-state index in [-0.39, 0.29) is 21.9 Å². The molecule has 0 saturated carbocycles. The topological polar surface area (TPSA) is 77.2 Å². The fourth-order valence-electron chi connectivity index (χ4n) is 2.63. The molecule has 0 aliphatic heterocycles. The summed E-state index contributed by atoms with van der Waals surface area (Å²) < 4.78 is 43.9. The molecular formula is C18H16F3N3O2S. The second-order valence-corrected chi connectivity index (χ2v) is 6.88. The number of alkyl halides is 3. The minimum absolute atomic E-state index is 0.0921. The summed E-state index contributed by atoms with van der Waals surface area (Å²) in [6.45, 7) is 1.76. The largest absolute Gasteiger partial charge is 0.497 e. The van der Waals surface area contributed by atoms with Gasteiger partial charge in [0.05, 0.1) is 12.8 Å². The maximum Gasteiger partial charge on any atom is 0.433 e. The fraction of sp³-hybridized carbons (Fsp3) is 0.222. The van der Waals surface area contributed by atoms with Crippen molar-refractivity contribution in [2.75, 3.05) is 12.8 Å². The lowest BCUT2D eigenvalue weighted by Crippen LogP contribution is -2.22. The Bertz CT molecular complexity index is 998. The van der Waals surface area contributed by atoms with E-state index in [1.165, 1.54) is 6.92 Å². The number of nitrogens with one attached hydrogen (secondary N) is 1. The van der Waals surface area contributed by atoms with Crippen LogP contribution in [-0.4, -0.2) is 18.0 Å². The van der Waals surface area contributed by atoms with E-state index in [0.29, 0.717) is 16.7 Å². The Morgan fingerprint density at radius 1 is 1.30 bits per heavy atom. The Kier molecular flexibility index (Phi) is 4.97. The molecule has 0 fully saturated rings. The third kappa shape index (κ3) is 3.82. The third-order valence-corrected chi connectivity index (χ3v) is 5.10. The van der Waals surface area contributed by atoms with E-state index in [0.717, 1.165) is 23.0 Å². The number of ether oxygens (including phenoxy) is 1. The summed E-state index contributed by atoms with van der Waals surface area (Å²) in [5.41, 5.74) is 6.33. The van der Waals surface area contributed by atoms with E-state index >= 15 is 0 Å². The van der Waals surface area contributed by atoms with Crippen molar-refractivity contribution in [1.82, 2.24) is 10.3 Å². The summed E-state index contributed by atoms with van der Waals surface area (Å²) in [5.74, 6) is 0.236. The molecule has 3 aromatic rings. The van der Waals surface area contributed by atoms with Gasteiger partial charge in [0.15, 0.2) is 0 Å². The molecule has 2 heterocycles. The number of nitrogens with zero attached hydrogens (tertiary/aromatic N) is 1. The normalized spacial score (nSPS) is 11.6. The zero-order valence-electron chi connectivity index (χ0n) is 14.5. The Hall–Kier alpha value is -2.81. The van der Waals surface area contributed by atoms with Crippen LogP contribution in [0.4, 0.5) is 18.9 Å². The van der Waals surface area contributed by atoms with Crippen molar-refractivity contribution < 1.29 is 22.7 Å². The summed E-state index contributed by atoms with van der Waals surface area (Å²) in [4.78, 5) is 16.3. The quantitative estimate of drug-likeness (QED) is 0.696. The number of amides is 1. The molecule has 0 radical (unpaired) electrons. The zero-order chi connectivity index (χ0) is 19.8. The first kappa shape index (κ1) is 19.0. The molecule has 142 valence electrons. The minimum Gasteiger partial charge on any atom is -0.497 e. The number of carbonyl (C=O) groups is 1. The van der Waals surface area contributed by atoms with Crippen LogP contribution in [0.5, 0.6) is 5.75 Å². The number of nitrogen functional groups attached to an aromatic ring is 1. The monoisotopic (exact) mass is 395 g/mol. The lowest BCUT2D eigenvalue weighted by molar-refractivity contribution is -0.141. The summed E-state index contributed by atoms with van der Waals surface area (Å²) in [6, 6.07) is 8.07. The van der Waals surface area contributed by atoms with Crippen molar-refractivity contribution >= 4 is 33.1 Å². The van der Waals surface area contributed by atoms with Crippen LogP contribution in [0.25, 0.3) is 10.2 Å². The number of aryl methyl sites for hydroxylation is 1. The summed E-state index contributed by atoms with van der Waals surface area (Å²) in [5, 5.41) is 3.10. The average Bonchev–Trinajstić information content (AvgIpc) is 2.96. The summed E-state index contributed by atoms with van der Waals surface area (Å²) in [6.07, 6.45) is -4.56. The van der Waals surface area contributed by atoms with Crippen LogP contribution in [0.2, 0.25) is 0 Å². The van der Waals surface area contributed by atoms with Crippen LogP contribution < -0.4 is 15.8 Å². The number of rotatable bonds is 4. The number of fused-ring (bicyclic) bond motifs is 1. The van der Waals surface area contributed by atoms with E-state index in [1.807, 2.05) is 0 Å². The number of pyridine rings is 1. The van der Waals surface area contributed by atoms with Crippen LogP contribution in [0.3, 0.4) is 0 Å². The van der Waals surface area contributed by atoms with Crippen molar-refractivity contribution in [2.24, 2.45) is 0 Å². The average molecular weight is 395 g/mol. The molecule has 3 rings (SSSR count). The predicted octanol–water partition coefficient (Wildman–Crippen LogP) is 4.14. The predicted molar refractivity (Wildman–Crippen MR) is 97.9 cm³/mol. The van der Waals surface area contributed by atoms with Gasteiger partial charge >= 0.3 is 6.18 Å². The van der Waals surface area contributed by atoms with Crippen LogP contribution in [0, 0.1) is 6.92 Å². The van der Waals surface area contributed by atoms with Gasteiger partial charge in [-0.3, -0.25) is 4.79 Å². The molecule has 0 unspecified atom stereocenters. The highest BCUT2D eigenvalue weighted by molar-refractivity contribution is 7.21. The van der Waals surface area contributed by atoms with Gasteiger partial charge in [-0.05, 0) is 36.2 Å². The standard InChI is InChI=1S/C18H16F3N3O2S/c1-9-7-12(18(19,20)21)24-17-13(9)14(22)15(27-17)16(25)23-8-10-3-5-11(26-2)6-4-10/h3-7H,8,22H2,1-2H3,(H,23,25).